The van der Waals surface area contributed by atoms with Crippen LogP contribution < -0.4 is 0 Å². The van der Waals surface area contributed by atoms with Gasteiger partial charge < -0.3 is 18.9 Å². The lowest BCUT2D eigenvalue weighted by atomic mass is 9.59. The molecule has 3 aliphatic rings. The van der Waals surface area contributed by atoms with Crippen molar-refractivity contribution in [3.05, 3.63) is 23.8 Å². The Labute approximate surface area is 178 Å². The standard InChI is InChI=1S/C21H33BBrNO4/c1-15-9-10-21(23,22-26-13-20(5,6)14-27-22)16(12-15)17-8-7-11-24(17)18(25)28-19(2,3)4/h9-10,12,16-17H,7-8,11,13-14H2,1-6H3. The molecule has 0 N–H and O–H groups in total. The second kappa shape index (κ2) is 7.80. The highest BCUT2D eigenvalue weighted by molar-refractivity contribution is 9.10. The molecule has 28 heavy (non-hydrogen) atoms. The number of rotatable bonds is 2. The SMILES string of the molecule is CC1=CC(C2CCCN2C(=O)OC(C)(C)C)C(Br)(B2OCC(C)(C)CO2)C=C1. The number of amides is 1. The van der Waals surface area contributed by atoms with Crippen LogP contribution >= 0.6 is 15.9 Å². The Hall–Kier alpha value is -0.785. The number of carbonyl (C=O) groups is 1. The van der Waals surface area contributed by atoms with Gasteiger partial charge in [-0.25, -0.2) is 4.79 Å². The van der Waals surface area contributed by atoms with Crippen molar-refractivity contribution in [3.63, 3.8) is 0 Å². The van der Waals surface area contributed by atoms with Gasteiger partial charge in [-0.05, 0) is 40.5 Å². The van der Waals surface area contributed by atoms with Gasteiger partial charge in [0.2, 0.25) is 0 Å². The third kappa shape index (κ3) is 4.68. The molecular weight excluding hydrogens is 421 g/mol. The molecule has 0 spiro atoms. The number of nitrogens with zero attached hydrogens (tertiary/aromatic N) is 1. The number of hydrogen-bond donors (Lipinski definition) is 0. The Morgan fingerprint density at radius 3 is 2.57 bits per heavy atom. The van der Waals surface area contributed by atoms with Crippen LogP contribution in [0.2, 0.25) is 0 Å². The lowest BCUT2D eigenvalue weighted by Gasteiger charge is -2.45. The van der Waals surface area contributed by atoms with Crippen LogP contribution in [-0.2, 0) is 14.0 Å². The zero-order valence-electron chi connectivity index (χ0n) is 18.0. The minimum absolute atomic E-state index is 0.00933. The molecule has 2 fully saturated rings. The Balaban J connectivity index is 1.84. The van der Waals surface area contributed by atoms with Crippen molar-refractivity contribution in [1.29, 1.82) is 0 Å². The number of alkyl halides is 1. The highest BCUT2D eigenvalue weighted by Crippen LogP contribution is 2.45. The van der Waals surface area contributed by atoms with E-state index < -0.39 is 16.9 Å². The fraction of sp³-hybridized carbons (Fsp3) is 0.762. The average Bonchev–Trinajstić information content (AvgIpc) is 3.05. The Morgan fingerprint density at radius 2 is 1.96 bits per heavy atom. The van der Waals surface area contributed by atoms with Gasteiger partial charge in [0.05, 0.1) is 4.22 Å². The van der Waals surface area contributed by atoms with Gasteiger partial charge in [0.1, 0.15) is 5.60 Å². The summed E-state index contributed by atoms with van der Waals surface area (Å²) in [4.78, 5) is 14.7. The van der Waals surface area contributed by atoms with E-state index in [1.165, 1.54) is 5.57 Å². The Morgan fingerprint density at radius 1 is 1.32 bits per heavy atom. The summed E-state index contributed by atoms with van der Waals surface area (Å²) in [6.07, 6.45) is 8.16. The number of ether oxygens (including phenoxy) is 1. The second-order valence-electron chi connectivity index (χ2n) is 10.1. The van der Waals surface area contributed by atoms with E-state index in [-0.39, 0.29) is 23.5 Å². The van der Waals surface area contributed by atoms with Crippen molar-refractivity contribution in [3.8, 4) is 0 Å². The zero-order valence-corrected chi connectivity index (χ0v) is 19.5. The van der Waals surface area contributed by atoms with Crippen LogP contribution in [0.5, 0.6) is 0 Å². The van der Waals surface area contributed by atoms with E-state index in [1.54, 1.807) is 0 Å². The molecule has 1 amide bonds. The molecule has 0 aromatic rings. The smallest absolute Gasteiger partial charge is 0.444 e. The first kappa shape index (κ1) is 21.9. The van der Waals surface area contributed by atoms with Gasteiger partial charge in [-0.1, -0.05) is 53.6 Å². The highest BCUT2D eigenvalue weighted by Gasteiger charge is 2.55. The fourth-order valence-electron chi connectivity index (χ4n) is 4.14. The summed E-state index contributed by atoms with van der Waals surface area (Å²) in [6.45, 7) is 14.1. The van der Waals surface area contributed by atoms with Gasteiger partial charge in [0.25, 0.3) is 0 Å². The molecule has 5 nitrogen and oxygen atoms in total. The zero-order chi connectivity index (χ0) is 20.7. The molecule has 156 valence electrons. The van der Waals surface area contributed by atoms with Crippen LogP contribution in [-0.4, -0.2) is 53.7 Å². The number of likely N-dealkylation sites (tertiary alicyclic amines) is 1. The molecule has 0 bridgehead atoms. The topological polar surface area (TPSA) is 48.0 Å². The molecule has 2 saturated heterocycles. The van der Waals surface area contributed by atoms with Crippen molar-refractivity contribution in [2.75, 3.05) is 19.8 Å². The Kier molecular flexibility index (Phi) is 6.11. The second-order valence-corrected chi connectivity index (χ2v) is 11.5. The van der Waals surface area contributed by atoms with Crippen molar-refractivity contribution in [1.82, 2.24) is 4.90 Å². The van der Waals surface area contributed by atoms with E-state index in [1.807, 2.05) is 25.7 Å². The Bertz CT molecular complexity index is 662. The first-order chi connectivity index (χ1) is 12.9. The van der Waals surface area contributed by atoms with E-state index in [2.05, 4.69) is 54.9 Å². The normalized spacial score (nSPS) is 33.0. The molecular formula is C21H33BBrNO4. The summed E-state index contributed by atoms with van der Waals surface area (Å²) in [5.41, 5.74) is 0.692. The van der Waals surface area contributed by atoms with Crippen LogP contribution in [0, 0.1) is 11.3 Å². The number of hydrogen-bond acceptors (Lipinski definition) is 4. The van der Waals surface area contributed by atoms with Gasteiger partial charge >= 0.3 is 13.2 Å². The lowest BCUT2D eigenvalue weighted by molar-refractivity contribution is 0.0126. The van der Waals surface area contributed by atoms with E-state index in [0.717, 1.165) is 19.4 Å². The molecule has 3 atom stereocenters. The summed E-state index contributed by atoms with van der Waals surface area (Å²) in [7, 11) is -0.396. The van der Waals surface area contributed by atoms with E-state index >= 15 is 0 Å². The molecule has 0 aromatic heterocycles. The van der Waals surface area contributed by atoms with Gasteiger partial charge in [0.15, 0.2) is 0 Å². The molecule has 7 heteroatoms. The molecule has 0 aromatic carbocycles. The van der Waals surface area contributed by atoms with Gasteiger partial charge in [-0.15, -0.1) is 0 Å². The van der Waals surface area contributed by atoms with Crippen LogP contribution in [0.25, 0.3) is 0 Å². The number of allylic oxidation sites excluding steroid dienone is 3. The van der Waals surface area contributed by atoms with E-state index in [9.17, 15) is 4.79 Å². The molecule has 3 unspecified atom stereocenters. The monoisotopic (exact) mass is 453 g/mol. The molecule has 2 heterocycles. The first-order valence-electron chi connectivity index (χ1n) is 10.2. The summed E-state index contributed by atoms with van der Waals surface area (Å²) >= 11 is 3.98. The largest absolute Gasteiger partial charge is 0.479 e. The van der Waals surface area contributed by atoms with Crippen LogP contribution in [0.3, 0.4) is 0 Å². The quantitative estimate of drug-likeness (QED) is 0.447. The first-order valence-corrected chi connectivity index (χ1v) is 11.0. The summed E-state index contributed by atoms with van der Waals surface area (Å²) in [5.74, 6) is 0.0405. The number of halogens is 1. The van der Waals surface area contributed by atoms with Crippen molar-refractivity contribution >= 4 is 29.1 Å². The molecule has 2 aliphatic heterocycles. The molecule has 3 rings (SSSR count). The number of carbonyl (C=O) groups excluding carboxylic acids is 1. The summed E-state index contributed by atoms with van der Waals surface area (Å²) in [5, 5.41) is 0. The van der Waals surface area contributed by atoms with Crippen LogP contribution in [0.1, 0.15) is 54.4 Å². The third-order valence-electron chi connectivity index (χ3n) is 5.51. The fourth-order valence-corrected chi connectivity index (χ4v) is 4.97. The van der Waals surface area contributed by atoms with Crippen molar-refractivity contribution in [2.45, 2.75) is 70.3 Å². The predicted octanol–water partition coefficient (Wildman–Crippen LogP) is 4.75. The summed E-state index contributed by atoms with van der Waals surface area (Å²) < 4.78 is 17.5. The minimum Gasteiger partial charge on any atom is -0.444 e. The maximum Gasteiger partial charge on any atom is 0.479 e. The van der Waals surface area contributed by atoms with E-state index in [0.29, 0.717) is 13.2 Å². The highest BCUT2D eigenvalue weighted by atomic mass is 79.9. The maximum absolute atomic E-state index is 12.9. The molecule has 1 aliphatic carbocycles. The van der Waals surface area contributed by atoms with Crippen LogP contribution in [0.4, 0.5) is 4.79 Å². The predicted molar refractivity (Wildman–Crippen MR) is 115 cm³/mol. The van der Waals surface area contributed by atoms with E-state index in [4.69, 9.17) is 14.0 Å². The summed E-state index contributed by atoms with van der Waals surface area (Å²) in [6, 6.07) is 0.0382. The third-order valence-corrected chi connectivity index (χ3v) is 6.68. The maximum atomic E-state index is 12.9. The van der Waals surface area contributed by atoms with Crippen molar-refractivity contribution in [2.24, 2.45) is 11.3 Å². The van der Waals surface area contributed by atoms with Crippen molar-refractivity contribution < 1.29 is 18.8 Å². The average molecular weight is 454 g/mol. The van der Waals surface area contributed by atoms with Crippen LogP contribution in [0.15, 0.2) is 23.8 Å². The van der Waals surface area contributed by atoms with Gasteiger partial charge in [0, 0.05) is 37.1 Å². The lowest BCUT2D eigenvalue weighted by Crippen LogP contribution is -2.59. The minimum atomic E-state index is -0.516. The van der Waals surface area contributed by atoms with Gasteiger partial charge in [-0.3, -0.25) is 0 Å². The molecule has 0 radical (unpaired) electrons. The van der Waals surface area contributed by atoms with Gasteiger partial charge in [-0.2, -0.15) is 0 Å². The molecule has 0 saturated carbocycles.